The van der Waals surface area contributed by atoms with Crippen molar-refractivity contribution in [3.63, 3.8) is 0 Å². The summed E-state index contributed by atoms with van der Waals surface area (Å²) in [6.07, 6.45) is 8.49. The first-order chi connectivity index (χ1) is 26.3. The van der Waals surface area contributed by atoms with Crippen LogP contribution in [-0.2, 0) is 5.41 Å². The lowest BCUT2D eigenvalue weighted by Crippen LogP contribution is -2.30. The van der Waals surface area contributed by atoms with Gasteiger partial charge in [-0.2, -0.15) is 0 Å². The molecule has 0 saturated carbocycles. The van der Waals surface area contributed by atoms with E-state index >= 15 is 0 Å². The number of pyridine rings is 2. The maximum atomic E-state index is 5.16. The van der Waals surface area contributed by atoms with Crippen molar-refractivity contribution < 1.29 is 0 Å². The Morgan fingerprint density at radius 3 is 2.19 bits per heavy atom. The van der Waals surface area contributed by atoms with Crippen LogP contribution in [0.15, 0.2) is 164 Å². The van der Waals surface area contributed by atoms with Gasteiger partial charge >= 0.3 is 0 Å². The zero-order valence-corrected chi connectivity index (χ0v) is 29.3. The summed E-state index contributed by atoms with van der Waals surface area (Å²) in [5, 5.41) is 4.93. The zero-order valence-electron chi connectivity index (χ0n) is 28.5. The van der Waals surface area contributed by atoms with E-state index in [1.807, 2.05) is 41.9 Å². The fourth-order valence-corrected chi connectivity index (χ4v) is 10.6. The van der Waals surface area contributed by atoms with E-state index in [0.717, 1.165) is 38.9 Å². The second-order valence-electron chi connectivity index (χ2n) is 14.1. The van der Waals surface area contributed by atoms with Crippen LogP contribution in [0.3, 0.4) is 0 Å². The molecule has 6 aromatic carbocycles. The average Bonchev–Trinajstić information content (AvgIpc) is 3.83. The van der Waals surface area contributed by atoms with E-state index in [-0.39, 0.29) is 0 Å². The lowest BCUT2D eigenvalue weighted by Gasteiger charge is -2.35. The van der Waals surface area contributed by atoms with Crippen molar-refractivity contribution in [3.05, 3.63) is 197 Å². The topological polar surface area (TPSA) is 30.7 Å². The van der Waals surface area contributed by atoms with Crippen molar-refractivity contribution in [1.29, 1.82) is 0 Å². The summed E-state index contributed by atoms with van der Waals surface area (Å²) in [5.41, 5.74) is 14.2. The predicted octanol–water partition coefficient (Wildman–Crippen LogP) is 12.5. The van der Waals surface area contributed by atoms with Gasteiger partial charge in [-0.15, -0.1) is 11.3 Å². The molecule has 1 atom stereocenters. The van der Waals surface area contributed by atoms with Gasteiger partial charge in [0.2, 0.25) is 0 Å². The van der Waals surface area contributed by atoms with Crippen molar-refractivity contribution in [1.82, 2.24) is 14.5 Å². The molecular weight excluding hydrogens is 663 g/mol. The normalized spacial score (nSPS) is 15.5. The number of hydrogen-bond donors (Lipinski definition) is 0. The lowest BCUT2D eigenvalue weighted by molar-refractivity contribution is 0.767. The molecule has 2 aliphatic rings. The Balaban J connectivity index is 1.15. The van der Waals surface area contributed by atoms with Gasteiger partial charge in [0.05, 0.1) is 10.9 Å². The van der Waals surface area contributed by atoms with Crippen LogP contribution in [0.25, 0.3) is 82.3 Å². The van der Waals surface area contributed by atoms with Crippen LogP contribution in [0.5, 0.6) is 0 Å². The van der Waals surface area contributed by atoms with E-state index in [9.17, 15) is 0 Å². The first-order valence-corrected chi connectivity index (χ1v) is 18.9. The van der Waals surface area contributed by atoms with Crippen LogP contribution >= 0.6 is 11.3 Å². The summed E-state index contributed by atoms with van der Waals surface area (Å²) in [6.45, 7) is 0. The highest BCUT2D eigenvalue weighted by Crippen LogP contribution is 2.61. The second kappa shape index (κ2) is 10.7. The van der Waals surface area contributed by atoms with Crippen molar-refractivity contribution in [2.24, 2.45) is 0 Å². The molecule has 4 heteroatoms. The Bertz CT molecular complexity index is 3180. The van der Waals surface area contributed by atoms with Crippen molar-refractivity contribution in [2.45, 2.75) is 5.41 Å². The molecule has 2 aliphatic carbocycles. The Labute approximate surface area is 309 Å². The van der Waals surface area contributed by atoms with E-state index < -0.39 is 5.41 Å². The van der Waals surface area contributed by atoms with Gasteiger partial charge in [0.25, 0.3) is 0 Å². The first-order valence-electron chi connectivity index (χ1n) is 18.1. The molecule has 10 aromatic rings. The number of thiophene rings is 1. The van der Waals surface area contributed by atoms with E-state index in [1.165, 1.54) is 64.7 Å². The molecule has 0 amide bonds. The van der Waals surface area contributed by atoms with Crippen molar-refractivity contribution >= 4 is 65.6 Å². The van der Waals surface area contributed by atoms with Crippen molar-refractivity contribution in [2.75, 3.05) is 0 Å². The summed E-state index contributed by atoms with van der Waals surface area (Å²) in [7, 11) is 0. The molecule has 246 valence electrons. The second-order valence-corrected chi connectivity index (χ2v) is 15.2. The molecule has 1 spiro atoms. The fraction of sp³-hybridized carbons (Fsp3) is 0.0204. The van der Waals surface area contributed by atoms with Gasteiger partial charge in [0.15, 0.2) is 0 Å². The number of benzene rings is 6. The third-order valence-electron chi connectivity index (χ3n) is 11.5. The third-order valence-corrected chi connectivity index (χ3v) is 12.7. The van der Waals surface area contributed by atoms with Gasteiger partial charge < -0.3 is 0 Å². The molecule has 53 heavy (non-hydrogen) atoms. The van der Waals surface area contributed by atoms with E-state index in [0.29, 0.717) is 0 Å². The molecule has 0 saturated heterocycles. The summed E-state index contributed by atoms with van der Waals surface area (Å²) in [4.78, 5) is 9.87. The molecule has 0 bridgehead atoms. The highest BCUT2D eigenvalue weighted by Gasteiger charge is 2.49. The Morgan fingerprint density at radius 2 is 1.28 bits per heavy atom. The van der Waals surface area contributed by atoms with E-state index in [1.54, 1.807) is 0 Å². The molecular formula is C49H29N3S. The molecule has 12 rings (SSSR count). The maximum absolute atomic E-state index is 5.16. The van der Waals surface area contributed by atoms with Crippen LogP contribution in [0.1, 0.15) is 33.4 Å². The fourth-order valence-electron chi connectivity index (χ4n) is 9.36. The van der Waals surface area contributed by atoms with Crippen molar-refractivity contribution in [3.8, 4) is 28.1 Å². The Hall–Kier alpha value is -6.62. The molecule has 0 aliphatic heterocycles. The van der Waals surface area contributed by atoms with Crippen LogP contribution < -0.4 is 0 Å². The predicted molar refractivity (Wildman–Crippen MR) is 221 cm³/mol. The van der Waals surface area contributed by atoms with E-state index in [2.05, 4.69) is 150 Å². The zero-order chi connectivity index (χ0) is 34.7. The van der Waals surface area contributed by atoms with Crippen LogP contribution in [0.2, 0.25) is 0 Å². The monoisotopic (exact) mass is 691 g/mol. The molecule has 0 fully saturated rings. The molecule has 0 N–H and O–H groups in total. The quantitative estimate of drug-likeness (QED) is 0.181. The molecule has 4 heterocycles. The minimum atomic E-state index is -0.520. The SMILES string of the molecule is C1=Cc2ccc(-c3cnc4c(c3)c3ccccc3n4-c3ccccn3)cc2C2(c3ccccc31)c1ccccc1-c1c2ccc2c1sc1ccccc12. The molecule has 1 unspecified atom stereocenters. The highest BCUT2D eigenvalue weighted by atomic mass is 32.1. The largest absolute Gasteiger partial charge is 0.278 e. The van der Waals surface area contributed by atoms with Crippen LogP contribution in [-0.4, -0.2) is 14.5 Å². The van der Waals surface area contributed by atoms with Gasteiger partial charge in [-0.1, -0.05) is 127 Å². The summed E-state index contributed by atoms with van der Waals surface area (Å²) >= 11 is 1.92. The molecule has 3 nitrogen and oxygen atoms in total. The van der Waals surface area contributed by atoms with Crippen LogP contribution in [0.4, 0.5) is 0 Å². The summed E-state index contributed by atoms with van der Waals surface area (Å²) < 4.78 is 4.86. The molecule has 0 radical (unpaired) electrons. The Kier molecular flexibility index (Phi) is 5.86. The van der Waals surface area contributed by atoms with Crippen LogP contribution in [0, 0.1) is 0 Å². The minimum absolute atomic E-state index is 0.520. The number of rotatable bonds is 2. The minimum Gasteiger partial charge on any atom is -0.278 e. The standard InChI is InChI=1S/C49H29N3S/c1-5-15-39-30(11-1)20-21-31-22-23-32(33-27-38-34-12-3-7-17-43(34)52(48(38)51-29-33)45-19-9-10-26-50-45)28-42(31)49(39)40-16-6-2-14-37(40)46-41(49)25-24-36-35-13-4-8-18-44(35)53-47(36)46/h1-29H. The van der Waals surface area contributed by atoms with Gasteiger partial charge in [-0.25, -0.2) is 9.97 Å². The van der Waals surface area contributed by atoms with E-state index in [4.69, 9.17) is 9.97 Å². The smallest absolute Gasteiger partial charge is 0.146 e. The molecule has 4 aromatic heterocycles. The van der Waals surface area contributed by atoms with Gasteiger partial charge in [0, 0.05) is 54.5 Å². The first kappa shape index (κ1) is 29.0. The van der Waals surface area contributed by atoms with Gasteiger partial charge in [-0.05, 0) is 80.9 Å². The Morgan fingerprint density at radius 1 is 0.509 bits per heavy atom. The average molecular weight is 692 g/mol. The number of aromatic nitrogens is 3. The number of hydrogen-bond acceptors (Lipinski definition) is 3. The maximum Gasteiger partial charge on any atom is 0.146 e. The van der Waals surface area contributed by atoms with Gasteiger partial charge in [0.1, 0.15) is 11.5 Å². The summed E-state index contributed by atoms with van der Waals surface area (Å²) in [5.74, 6) is 0.864. The number of nitrogens with zero attached hydrogens (tertiary/aromatic N) is 3. The highest BCUT2D eigenvalue weighted by molar-refractivity contribution is 7.26. The summed E-state index contributed by atoms with van der Waals surface area (Å²) in [6, 6.07) is 55.7. The number of fused-ring (bicyclic) bond motifs is 16. The van der Waals surface area contributed by atoms with Gasteiger partial charge in [-0.3, -0.25) is 4.57 Å². The number of para-hydroxylation sites is 1. The third kappa shape index (κ3) is 3.83. The lowest BCUT2D eigenvalue weighted by atomic mass is 9.65.